The zero-order valence-electron chi connectivity index (χ0n) is 10.9. The third-order valence-electron chi connectivity index (χ3n) is 2.94. The van der Waals surface area contributed by atoms with Crippen LogP contribution in [0.5, 0.6) is 0 Å². The van der Waals surface area contributed by atoms with Crippen LogP contribution in [0.3, 0.4) is 0 Å². The second-order valence-electron chi connectivity index (χ2n) is 5.09. The molecule has 0 aliphatic rings. The van der Waals surface area contributed by atoms with Crippen LogP contribution in [0.2, 0.25) is 0 Å². The molecule has 0 aromatic carbocycles. The van der Waals surface area contributed by atoms with Gasteiger partial charge in [0.2, 0.25) is 5.91 Å². The molecule has 0 bridgehead atoms. The summed E-state index contributed by atoms with van der Waals surface area (Å²) < 4.78 is 1.64. The highest BCUT2D eigenvalue weighted by Gasteiger charge is 2.18. The van der Waals surface area contributed by atoms with Crippen LogP contribution in [-0.4, -0.2) is 22.2 Å². The van der Waals surface area contributed by atoms with Crippen molar-refractivity contribution in [1.82, 2.24) is 9.78 Å². The molecule has 1 rings (SSSR count). The molecule has 1 aromatic heterocycles. The molecule has 0 atom stereocenters. The number of anilines is 1. The minimum absolute atomic E-state index is 0.0266. The fourth-order valence-electron chi connectivity index (χ4n) is 1.67. The van der Waals surface area contributed by atoms with E-state index in [1.807, 2.05) is 0 Å². The number of aromatic nitrogens is 2. The van der Waals surface area contributed by atoms with Gasteiger partial charge in [-0.25, -0.2) is 0 Å². The van der Waals surface area contributed by atoms with Crippen LogP contribution in [0.15, 0.2) is 12.3 Å². The predicted molar refractivity (Wildman–Crippen MR) is 68.5 cm³/mol. The van der Waals surface area contributed by atoms with Crippen LogP contribution >= 0.6 is 0 Å². The maximum atomic E-state index is 11.7. The first-order valence-corrected chi connectivity index (χ1v) is 5.92. The molecule has 5 heteroatoms. The van der Waals surface area contributed by atoms with Crippen molar-refractivity contribution in [3.8, 4) is 0 Å². The van der Waals surface area contributed by atoms with Crippen molar-refractivity contribution in [2.75, 3.05) is 11.9 Å². The van der Waals surface area contributed by atoms with Gasteiger partial charge in [0.1, 0.15) is 5.82 Å². The second-order valence-corrected chi connectivity index (χ2v) is 5.09. The van der Waals surface area contributed by atoms with Crippen LogP contribution < -0.4 is 11.1 Å². The number of hydrogen-bond acceptors (Lipinski definition) is 3. The summed E-state index contributed by atoms with van der Waals surface area (Å²) in [5, 5.41) is 6.83. The van der Waals surface area contributed by atoms with E-state index >= 15 is 0 Å². The summed E-state index contributed by atoms with van der Waals surface area (Å²) >= 11 is 0. The molecular formula is C12H22N4O. The Kier molecular flexibility index (Phi) is 4.69. The molecule has 1 amide bonds. The molecule has 0 unspecified atom stereocenters. The van der Waals surface area contributed by atoms with Crippen molar-refractivity contribution in [1.29, 1.82) is 0 Å². The van der Waals surface area contributed by atoms with E-state index in [2.05, 4.69) is 24.3 Å². The molecule has 0 fully saturated rings. The summed E-state index contributed by atoms with van der Waals surface area (Å²) in [5.74, 6) is 0.755. The molecule has 3 N–H and O–H groups in total. The number of carbonyl (C=O) groups excluding carboxylic acids is 1. The minimum Gasteiger partial charge on any atom is -0.330 e. The number of nitrogens with two attached hydrogens (primary N) is 1. The van der Waals surface area contributed by atoms with E-state index in [1.54, 1.807) is 24.0 Å². The molecule has 1 aromatic rings. The monoisotopic (exact) mass is 238 g/mol. The Morgan fingerprint density at radius 2 is 2.24 bits per heavy atom. The fourth-order valence-corrected chi connectivity index (χ4v) is 1.67. The molecule has 96 valence electrons. The van der Waals surface area contributed by atoms with E-state index in [0.29, 0.717) is 13.0 Å². The van der Waals surface area contributed by atoms with Gasteiger partial charge in [0.15, 0.2) is 0 Å². The number of nitrogens with zero attached hydrogens (tertiary/aromatic N) is 2. The fraction of sp³-hybridized carbons (Fsp3) is 0.667. The summed E-state index contributed by atoms with van der Waals surface area (Å²) in [6.45, 7) is 4.94. The van der Waals surface area contributed by atoms with Crippen molar-refractivity contribution in [2.45, 2.75) is 33.1 Å². The highest BCUT2D eigenvalue weighted by molar-refractivity contribution is 5.89. The lowest BCUT2D eigenvalue weighted by Crippen LogP contribution is -2.21. The average molecular weight is 238 g/mol. The van der Waals surface area contributed by atoms with Crippen molar-refractivity contribution in [3.05, 3.63) is 12.3 Å². The van der Waals surface area contributed by atoms with E-state index < -0.39 is 0 Å². The molecule has 17 heavy (non-hydrogen) atoms. The standard InChI is InChI=1S/C12H22N4O/c1-12(2,7-8-13)6-4-11(17)15-10-5-9-14-16(10)3/h5,9H,4,6-8,13H2,1-3H3,(H,15,17). The zero-order valence-corrected chi connectivity index (χ0v) is 10.9. The first kappa shape index (κ1) is 13.7. The third kappa shape index (κ3) is 4.56. The number of hydrogen-bond donors (Lipinski definition) is 2. The van der Waals surface area contributed by atoms with Crippen molar-refractivity contribution in [2.24, 2.45) is 18.2 Å². The highest BCUT2D eigenvalue weighted by atomic mass is 16.1. The Morgan fingerprint density at radius 3 is 2.76 bits per heavy atom. The largest absolute Gasteiger partial charge is 0.330 e. The van der Waals surface area contributed by atoms with Gasteiger partial charge >= 0.3 is 0 Å². The summed E-state index contributed by atoms with van der Waals surface area (Å²) in [7, 11) is 1.80. The molecule has 0 saturated heterocycles. The van der Waals surface area contributed by atoms with Gasteiger partial charge < -0.3 is 11.1 Å². The summed E-state index contributed by atoms with van der Waals surface area (Å²) in [5.41, 5.74) is 5.66. The summed E-state index contributed by atoms with van der Waals surface area (Å²) in [4.78, 5) is 11.7. The van der Waals surface area contributed by atoms with E-state index in [0.717, 1.165) is 18.7 Å². The van der Waals surface area contributed by atoms with Crippen molar-refractivity contribution < 1.29 is 4.79 Å². The number of rotatable bonds is 6. The Labute approximate surface area is 102 Å². The molecule has 1 heterocycles. The average Bonchev–Trinajstić information content (AvgIpc) is 2.62. The van der Waals surface area contributed by atoms with E-state index in [9.17, 15) is 4.79 Å². The molecule has 0 spiro atoms. The Morgan fingerprint density at radius 1 is 1.53 bits per heavy atom. The minimum atomic E-state index is 0.0266. The summed E-state index contributed by atoms with van der Waals surface area (Å²) in [6, 6.07) is 1.78. The van der Waals surface area contributed by atoms with E-state index in [-0.39, 0.29) is 11.3 Å². The predicted octanol–water partition coefficient (Wildman–Crippen LogP) is 1.51. The van der Waals surface area contributed by atoms with Gasteiger partial charge in [-0.2, -0.15) is 5.10 Å². The number of carbonyl (C=O) groups is 1. The van der Waals surface area contributed by atoms with E-state index in [1.165, 1.54) is 0 Å². The summed E-state index contributed by atoms with van der Waals surface area (Å²) in [6.07, 6.45) is 3.95. The molecule has 5 nitrogen and oxygen atoms in total. The highest BCUT2D eigenvalue weighted by Crippen LogP contribution is 2.25. The molecule has 0 saturated carbocycles. The van der Waals surface area contributed by atoms with Gasteiger partial charge in [0.05, 0.1) is 6.20 Å². The maximum Gasteiger partial charge on any atom is 0.225 e. The van der Waals surface area contributed by atoms with Gasteiger partial charge in [-0.15, -0.1) is 0 Å². The maximum absolute atomic E-state index is 11.7. The smallest absolute Gasteiger partial charge is 0.225 e. The van der Waals surface area contributed by atoms with Crippen LogP contribution in [-0.2, 0) is 11.8 Å². The van der Waals surface area contributed by atoms with E-state index in [4.69, 9.17) is 5.73 Å². The van der Waals surface area contributed by atoms with Gasteiger partial charge in [0.25, 0.3) is 0 Å². The Balaban J connectivity index is 2.38. The van der Waals surface area contributed by atoms with Gasteiger partial charge in [-0.05, 0) is 24.8 Å². The van der Waals surface area contributed by atoms with Crippen LogP contribution in [0.1, 0.15) is 33.1 Å². The lowest BCUT2D eigenvalue weighted by Gasteiger charge is -2.23. The Hall–Kier alpha value is -1.36. The quantitative estimate of drug-likeness (QED) is 0.789. The first-order valence-electron chi connectivity index (χ1n) is 5.92. The number of nitrogens with one attached hydrogen (secondary N) is 1. The molecular weight excluding hydrogens is 216 g/mol. The van der Waals surface area contributed by atoms with Gasteiger partial charge in [0, 0.05) is 19.5 Å². The van der Waals surface area contributed by atoms with Crippen molar-refractivity contribution >= 4 is 11.7 Å². The lowest BCUT2D eigenvalue weighted by molar-refractivity contribution is -0.116. The van der Waals surface area contributed by atoms with Crippen LogP contribution in [0.4, 0.5) is 5.82 Å². The third-order valence-corrected chi connectivity index (χ3v) is 2.94. The van der Waals surface area contributed by atoms with Gasteiger partial charge in [-0.1, -0.05) is 13.8 Å². The van der Waals surface area contributed by atoms with Crippen molar-refractivity contribution in [3.63, 3.8) is 0 Å². The Bertz CT molecular complexity index is 370. The lowest BCUT2D eigenvalue weighted by atomic mass is 9.84. The van der Waals surface area contributed by atoms with Gasteiger partial charge in [-0.3, -0.25) is 9.48 Å². The number of aryl methyl sites for hydroxylation is 1. The zero-order chi connectivity index (χ0) is 12.9. The topological polar surface area (TPSA) is 72.9 Å². The number of amides is 1. The molecule has 0 aliphatic heterocycles. The molecule has 0 aliphatic carbocycles. The SMILES string of the molecule is Cn1nccc1NC(=O)CCC(C)(C)CCN. The second kappa shape index (κ2) is 5.82. The van der Waals surface area contributed by atoms with Crippen LogP contribution in [0.25, 0.3) is 0 Å². The van der Waals surface area contributed by atoms with Crippen LogP contribution in [0, 0.1) is 5.41 Å². The first-order chi connectivity index (χ1) is 7.94. The normalized spacial score (nSPS) is 11.5. The molecule has 0 radical (unpaired) electrons.